The fourth-order valence-corrected chi connectivity index (χ4v) is 7.11. The molecule has 0 aromatic heterocycles. The summed E-state index contributed by atoms with van der Waals surface area (Å²) in [4.78, 5) is 28.0. The van der Waals surface area contributed by atoms with Gasteiger partial charge in [-0.3, -0.25) is 14.5 Å². The number of alkyl halides is 3. The summed E-state index contributed by atoms with van der Waals surface area (Å²) in [5.74, 6) is -1.92. The van der Waals surface area contributed by atoms with Crippen molar-refractivity contribution in [3.05, 3.63) is 64.7 Å². The summed E-state index contributed by atoms with van der Waals surface area (Å²) in [6.07, 6.45) is -1.91. The van der Waals surface area contributed by atoms with Crippen LogP contribution in [0.15, 0.2) is 47.4 Å². The second kappa shape index (κ2) is 13.2. The molecule has 2 aliphatic rings. The van der Waals surface area contributed by atoms with E-state index in [2.05, 4.69) is 17.1 Å². The molecule has 1 heterocycles. The molecule has 1 fully saturated rings. The SMILES string of the molecule is CC[C@H]1c2ccc(C(=O)NC(CC(=O)OC)c3ccc(S(=O)(=O)CC)cc3)cc2CN1CC1CCC(C(F)(F)F)CC1. The van der Waals surface area contributed by atoms with Gasteiger partial charge < -0.3 is 10.1 Å². The lowest BCUT2D eigenvalue weighted by molar-refractivity contribution is -0.184. The number of ether oxygens (including phenoxy) is 1. The van der Waals surface area contributed by atoms with Crippen LogP contribution in [0.1, 0.15) is 91.5 Å². The van der Waals surface area contributed by atoms with E-state index in [-0.39, 0.29) is 47.8 Å². The van der Waals surface area contributed by atoms with Gasteiger partial charge in [-0.15, -0.1) is 0 Å². The van der Waals surface area contributed by atoms with Crippen LogP contribution in [0.25, 0.3) is 0 Å². The fraction of sp³-hybridized carbons (Fsp3) is 0.548. The van der Waals surface area contributed by atoms with Crippen LogP contribution in [0.4, 0.5) is 13.2 Å². The molecule has 230 valence electrons. The Bertz CT molecular complexity index is 1370. The number of hydrogen-bond donors (Lipinski definition) is 1. The van der Waals surface area contributed by atoms with Gasteiger partial charge in [-0.1, -0.05) is 32.0 Å². The Kier molecular flexibility index (Phi) is 10.0. The van der Waals surface area contributed by atoms with Crippen molar-refractivity contribution in [1.82, 2.24) is 10.2 Å². The van der Waals surface area contributed by atoms with Crippen molar-refractivity contribution < 1.29 is 35.9 Å². The molecule has 0 saturated heterocycles. The molecular formula is C31H39F3N2O5S. The smallest absolute Gasteiger partial charge is 0.391 e. The van der Waals surface area contributed by atoms with Gasteiger partial charge in [0.25, 0.3) is 5.91 Å². The van der Waals surface area contributed by atoms with E-state index in [1.165, 1.54) is 19.2 Å². The highest BCUT2D eigenvalue weighted by atomic mass is 32.2. The molecule has 42 heavy (non-hydrogen) atoms. The second-order valence-electron chi connectivity index (χ2n) is 11.3. The lowest BCUT2D eigenvalue weighted by Gasteiger charge is -2.34. The van der Waals surface area contributed by atoms with Crippen molar-refractivity contribution in [3.63, 3.8) is 0 Å². The minimum absolute atomic E-state index is 0.0392. The van der Waals surface area contributed by atoms with E-state index in [0.29, 0.717) is 30.5 Å². The van der Waals surface area contributed by atoms with E-state index in [1.807, 2.05) is 12.1 Å². The minimum atomic E-state index is -4.12. The molecule has 11 heteroatoms. The number of carbonyl (C=O) groups excluding carboxylic acids is 2. The Balaban J connectivity index is 1.46. The molecule has 1 aliphatic carbocycles. The number of carbonyl (C=O) groups is 2. The highest BCUT2D eigenvalue weighted by Gasteiger charge is 2.42. The van der Waals surface area contributed by atoms with Crippen LogP contribution in [-0.4, -0.2) is 50.8 Å². The number of rotatable bonds is 10. The third-order valence-corrected chi connectivity index (χ3v) is 10.4. The van der Waals surface area contributed by atoms with E-state index in [0.717, 1.165) is 24.1 Å². The van der Waals surface area contributed by atoms with Crippen LogP contribution in [0.5, 0.6) is 0 Å². The van der Waals surface area contributed by atoms with E-state index >= 15 is 0 Å². The van der Waals surface area contributed by atoms with E-state index in [4.69, 9.17) is 4.74 Å². The first-order chi connectivity index (χ1) is 19.9. The number of halogens is 3. The Morgan fingerprint density at radius 2 is 1.71 bits per heavy atom. The quantitative estimate of drug-likeness (QED) is 0.326. The normalized spacial score (nSPS) is 21.9. The lowest BCUT2D eigenvalue weighted by Crippen LogP contribution is -2.33. The van der Waals surface area contributed by atoms with Crippen LogP contribution >= 0.6 is 0 Å². The number of nitrogens with zero attached hydrogens (tertiary/aromatic N) is 1. The first-order valence-electron chi connectivity index (χ1n) is 14.5. The predicted octanol–water partition coefficient (Wildman–Crippen LogP) is 6.15. The van der Waals surface area contributed by atoms with Crippen LogP contribution < -0.4 is 5.32 Å². The minimum Gasteiger partial charge on any atom is -0.469 e. The molecule has 7 nitrogen and oxygen atoms in total. The van der Waals surface area contributed by atoms with Crippen molar-refractivity contribution >= 4 is 21.7 Å². The molecule has 1 aliphatic heterocycles. The summed E-state index contributed by atoms with van der Waals surface area (Å²) in [5, 5.41) is 2.90. The van der Waals surface area contributed by atoms with E-state index < -0.39 is 33.9 Å². The molecule has 0 bridgehead atoms. The Labute approximate surface area is 245 Å². The molecule has 2 atom stereocenters. The monoisotopic (exact) mass is 608 g/mol. The highest BCUT2D eigenvalue weighted by molar-refractivity contribution is 7.91. The summed E-state index contributed by atoms with van der Waals surface area (Å²) in [7, 11) is -2.14. The molecular weight excluding hydrogens is 569 g/mol. The molecule has 2 aromatic carbocycles. The molecule has 0 spiro atoms. The van der Waals surface area contributed by atoms with Crippen molar-refractivity contribution in [1.29, 1.82) is 0 Å². The fourth-order valence-electron chi connectivity index (χ4n) is 6.23. The zero-order chi connectivity index (χ0) is 30.7. The van der Waals surface area contributed by atoms with Crippen LogP contribution in [0.2, 0.25) is 0 Å². The Morgan fingerprint density at radius 3 is 2.29 bits per heavy atom. The summed E-state index contributed by atoms with van der Waals surface area (Å²) >= 11 is 0. The highest BCUT2D eigenvalue weighted by Crippen LogP contribution is 2.42. The average Bonchev–Trinajstić information content (AvgIpc) is 3.32. The van der Waals surface area contributed by atoms with E-state index in [9.17, 15) is 31.2 Å². The number of hydrogen-bond acceptors (Lipinski definition) is 6. The molecule has 1 unspecified atom stereocenters. The Hall–Kier alpha value is -2.92. The van der Waals surface area contributed by atoms with Gasteiger partial charge in [-0.05, 0) is 79.0 Å². The molecule has 1 amide bonds. The second-order valence-corrected chi connectivity index (χ2v) is 13.6. The van der Waals surface area contributed by atoms with E-state index in [1.54, 1.807) is 25.1 Å². The maximum Gasteiger partial charge on any atom is 0.391 e. The van der Waals surface area contributed by atoms with Crippen LogP contribution in [0.3, 0.4) is 0 Å². The number of sulfone groups is 1. The number of esters is 1. The first-order valence-corrected chi connectivity index (χ1v) is 16.1. The van der Waals surface area contributed by atoms with Gasteiger partial charge in [0.2, 0.25) is 0 Å². The van der Waals surface area contributed by atoms with Crippen LogP contribution in [-0.2, 0) is 25.9 Å². The number of amides is 1. The Morgan fingerprint density at radius 1 is 1.05 bits per heavy atom. The average molecular weight is 609 g/mol. The van der Waals surface area contributed by atoms with Gasteiger partial charge >= 0.3 is 12.1 Å². The standard InChI is InChI=1S/C31H39F3N2O5S/c1-4-28-26-15-10-22(16-23(26)19-36(28)18-20-6-11-24(12-7-20)31(32,33)34)30(38)35-27(17-29(37)41-3)21-8-13-25(14-9-21)42(39,40)5-2/h8-10,13-16,20,24,27-28H,4-7,11-12,17-19H2,1-3H3,(H,35,38)/t20?,24?,27?,28-/m0/s1. The number of fused-ring (bicyclic) bond motifs is 1. The molecule has 0 radical (unpaired) electrons. The zero-order valence-electron chi connectivity index (χ0n) is 24.2. The summed E-state index contributed by atoms with van der Waals surface area (Å²) in [5.41, 5.74) is 3.13. The van der Waals surface area contributed by atoms with Gasteiger partial charge in [0, 0.05) is 24.7 Å². The van der Waals surface area contributed by atoms with Gasteiger partial charge in [-0.2, -0.15) is 13.2 Å². The largest absolute Gasteiger partial charge is 0.469 e. The first kappa shape index (κ1) is 32.0. The van der Waals surface area contributed by atoms with Gasteiger partial charge in [-0.25, -0.2) is 8.42 Å². The van der Waals surface area contributed by atoms with Crippen molar-refractivity contribution in [2.75, 3.05) is 19.4 Å². The molecule has 4 rings (SSSR count). The zero-order valence-corrected chi connectivity index (χ0v) is 25.1. The summed E-state index contributed by atoms with van der Waals surface area (Å²) in [6.45, 7) is 4.99. The third-order valence-electron chi connectivity index (χ3n) is 8.69. The number of nitrogens with one attached hydrogen (secondary N) is 1. The van der Waals surface area contributed by atoms with Gasteiger partial charge in [0.05, 0.1) is 36.1 Å². The van der Waals surface area contributed by atoms with Crippen LogP contribution in [0, 0.1) is 11.8 Å². The maximum atomic E-state index is 13.4. The van der Waals surface area contributed by atoms with Crippen molar-refractivity contribution in [3.8, 4) is 0 Å². The lowest BCUT2D eigenvalue weighted by atomic mass is 9.81. The van der Waals surface area contributed by atoms with Gasteiger partial charge in [0.1, 0.15) is 0 Å². The molecule has 1 N–H and O–H groups in total. The third kappa shape index (κ3) is 7.34. The summed E-state index contributed by atoms with van der Waals surface area (Å²) in [6, 6.07) is 11.1. The maximum absolute atomic E-state index is 13.4. The van der Waals surface area contributed by atoms with Crippen molar-refractivity contribution in [2.45, 2.75) is 82.1 Å². The molecule has 1 saturated carbocycles. The van der Waals surface area contributed by atoms with Gasteiger partial charge in [0.15, 0.2) is 9.84 Å². The topological polar surface area (TPSA) is 92.8 Å². The number of benzene rings is 2. The predicted molar refractivity (Wildman–Crippen MR) is 152 cm³/mol. The number of methoxy groups -OCH3 is 1. The van der Waals surface area contributed by atoms with Crippen molar-refractivity contribution in [2.24, 2.45) is 11.8 Å². The molecule has 2 aromatic rings. The summed E-state index contributed by atoms with van der Waals surface area (Å²) < 4.78 is 68.6.